The van der Waals surface area contributed by atoms with Gasteiger partial charge in [-0.05, 0) is 42.7 Å². The van der Waals surface area contributed by atoms with Crippen LogP contribution < -0.4 is 5.56 Å². The van der Waals surface area contributed by atoms with Gasteiger partial charge in [-0.2, -0.15) is 0 Å². The van der Waals surface area contributed by atoms with Gasteiger partial charge in [-0.25, -0.2) is 4.98 Å². The average molecular weight is 366 g/mol. The molecule has 134 valence electrons. The summed E-state index contributed by atoms with van der Waals surface area (Å²) in [5.74, 6) is 0.421. The summed E-state index contributed by atoms with van der Waals surface area (Å²) in [5, 5.41) is 0.727. The number of carbonyl (C=O) groups is 1. The lowest BCUT2D eigenvalue weighted by atomic mass is 9.97. The quantitative estimate of drug-likeness (QED) is 0.631. The molecule has 0 radical (unpaired) electrons. The van der Waals surface area contributed by atoms with Gasteiger partial charge in [-0.1, -0.05) is 38.1 Å². The third kappa shape index (κ3) is 2.90. The second-order valence-electron chi connectivity index (χ2n) is 7.07. The molecule has 1 unspecified atom stereocenters. The molecule has 0 fully saturated rings. The molecular formula is C21H22N2O2S. The fraction of sp³-hybridized carbons (Fsp3) is 0.381. The number of hydrogen-bond acceptors (Lipinski definition) is 4. The van der Waals surface area contributed by atoms with Crippen molar-refractivity contribution in [3.05, 3.63) is 62.5 Å². The standard InChI is InChI=1S/C21H22N2O2S/c1-3-13(2)14-7-9-15(10-8-14)17(24)11-23-12-22-20-19(21(23)25)16-5-4-6-18(16)26-20/h7-10,12-13H,3-6,11H2,1-2H3. The van der Waals surface area contributed by atoms with Crippen molar-refractivity contribution in [2.45, 2.75) is 52.0 Å². The summed E-state index contributed by atoms with van der Waals surface area (Å²) in [6.45, 7) is 4.37. The fourth-order valence-corrected chi connectivity index (χ4v) is 4.83. The summed E-state index contributed by atoms with van der Waals surface area (Å²) in [6.07, 6.45) is 5.67. The Balaban J connectivity index is 1.62. The van der Waals surface area contributed by atoms with E-state index in [1.165, 1.54) is 21.3 Å². The minimum Gasteiger partial charge on any atom is -0.292 e. The van der Waals surface area contributed by atoms with Crippen molar-refractivity contribution in [3.8, 4) is 0 Å². The highest BCUT2D eigenvalue weighted by atomic mass is 32.1. The lowest BCUT2D eigenvalue weighted by Crippen LogP contribution is -2.24. The van der Waals surface area contributed by atoms with Crippen LogP contribution in [0.2, 0.25) is 0 Å². The number of benzene rings is 1. The first kappa shape index (κ1) is 17.2. The summed E-state index contributed by atoms with van der Waals surface area (Å²) in [6, 6.07) is 7.75. The Kier molecular flexibility index (Phi) is 4.49. The number of nitrogens with zero attached hydrogens (tertiary/aromatic N) is 2. The van der Waals surface area contributed by atoms with Gasteiger partial charge >= 0.3 is 0 Å². The molecule has 4 rings (SSSR count). The van der Waals surface area contributed by atoms with Crippen molar-refractivity contribution >= 4 is 27.3 Å². The summed E-state index contributed by atoms with van der Waals surface area (Å²) in [4.78, 5) is 32.0. The van der Waals surface area contributed by atoms with Crippen molar-refractivity contribution in [1.82, 2.24) is 9.55 Å². The van der Waals surface area contributed by atoms with E-state index in [-0.39, 0.29) is 17.9 Å². The molecule has 0 aliphatic heterocycles. The van der Waals surface area contributed by atoms with Gasteiger partial charge < -0.3 is 0 Å². The fourth-order valence-electron chi connectivity index (χ4n) is 3.61. The van der Waals surface area contributed by atoms with Crippen LogP contribution >= 0.6 is 11.3 Å². The van der Waals surface area contributed by atoms with Gasteiger partial charge in [0.2, 0.25) is 0 Å². The Morgan fingerprint density at radius 3 is 2.77 bits per heavy atom. The predicted octanol–water partition coefficient (Wildman–Crippen LogP) is 4.34. The number of aryl methyl sites for hydroxylation is 2. The Hall–Kier alpha value is -2.27. The maximum Gasteiger partial charge on any atom is 0.262 e. The van der Waals surface area contributed by atoms with E-state index in [1.54, 1.807) is 11.3 Å². The van der Waals surface area contributed by atoms with E-state index in [4.69, 9.17) is 0 Å². The van der Waals surface area contributed by atoms with Gasteiger partial charge in [0.1, 0.15) is 4.83 Å². The molecule has 26 heavy (non-hydrogen) atoms. The molecular weight excluding hydrogens is 344 g/mol. The molecule has 2 aromatic heterocycles. The molecule has 2 heterocycles. The third-order valence-electron chi connectivity index (χ3n) is 5.42. The lowest BCUT2D eigenvalue weighted by Gasteiger charge is -2.10. The molecule has 0 amide bonds. The summed E-state index contributed by atoms with van der Waals surface area (Å²) in [5.41, 5.74) is 2.94. The van der Waals surface area contributed by atoms with Crippen LogP contribution in [0, 0.1) is 0 Å². The second kappa shape index (κ2) is 6.80. The maximum atomic E-state index is 12.9. The molecule has 1 aliphatic carbocycles. The van der Waals surface area contributed by atoms with Crippen LogP contribution in [0.3, 0.4) is 0 Å². The summed E-state index contributed by atoms with van der Waals surface area (Å²) >= 11 is 1.62. The molecule has 3 aromatic rings. The molecule has 0 spiro atoms. The van der Waals surface area contributed by atoms with E-state index in [0.717, 1.165) is 41.5 Å². The Labute approximate surface area is 156 Å². The third-order valence-corrected chi connectivity index (χ3v) is 6.62. The van der Waals surface area contributed by atoms with Crippen LogP contribution in [0.1, 0.15) is 59.0 Å². The molecule has 1 atom stereocenters. The normalized spacial score (nSPS) is 14.5. The molecule has 5 heteroatoms. The van der Waals surface area contributed by atoms with Crippen LogP contribution in [0.5, 0.6) is 0 Å². The van der Waals surface area contributed by atoms with E-state index in [9.17, 15) is 9.59 Å². The van der Waals surface area contributed by atoms with Gasteiger partial charge in [0.15, 0.2) is 5.78 Å². The SMILES string of the molecule is CCC(C)c1ccc(C(=O)Cn2cnc3sc4c(c3c2=O)CCC4)cc1. The predicted molar refractivity (Wildman–Crippen MR) is 105 cm³/mol. The number of thiophene rings is 1. The monoisotopic (exact) mass is 366 g/mol. The van der Waals surface area contributed by atoms with Crippen molar-refractivity contribution < 1.29 is 4.79 Å². The zero-order chi connectivity index (χ0) is 18.3. The van der Waals surface area contributed by atoms with E-state index in [0.29, 0.717) is 11.5 Å². The number of ketones is 1. The first-order chi connectivity index (χ1) is 12.6. The van der Waals surface area contributed by atoms with Gasteiger partial charge in [0.25, 0.3) is 5.56 Å². The number of Topliss-reactive ketones (excluding diaryl/α,β-unsaturated/α-hetero) is 1. The van der Waals surface area contributed by atoms with Crippen molar-refractivity contribution in [3.63, 3.8) is 0 Å². The average Bonchev–Trinajstić information content (AvgIpc) is 3.24. The minimum atomic E-state index is -0.0843. The number of carbonyl (C=O) groups excluding carboxylic acids is 1. The largest absolute Gasteiger partial charge is 0.292 e. The van der Waals surface area contributed by atoms with Gasteiger partial charge in [0, 0.05) is 10.4 Å². The number of fused-ring (bicyclic) bond motifs is 3. The summed E-state index contributed by atoms with van der Waals surface area (Å²) < 4.78 is 1.46. The molecule has 4 nitrogen and oxygen atoms in total. The highest BCUT2D eigenvalue weighted by molar-refractivity contribution is 7.18. The lowest BCUT2D eigenvalue weighted by molar-refractivity contribution is 0.0970. The molecule has 0 N–H and O–H groups in total. The smallest absolute Gasteiger partial charge is 0.262 e. The van der Waals surface area contributed by atoms with E-state index < -0.39 is 0 Å². The molecule has 1 aromatic carbocycles. The Morgan fingerprint density at radius 1 is 1.27 bits per heavy atom. The zero-order valence-corrected chi connectivity index (χ0v) is 15.9. The van der Waals surface area contributed by atoms with Crippen molar-refractivity contribution in [2.75, 3.05) is 0 Å². The number of aromatic nitrogens is 2. The van der Waals surface area contributed by atoms with Crippen LogP contribution in [0.4, 0.5) is 0 Å². The summed E-state index contributed by atoms with van der Waals surface area (Å²) in [7, 11) is 0. The maximum absolute atomic E-state index is 12.9. The minimum absolute atomic E-state index is 0.0368. The molecule has 1 aliphatic rings. The molecule has 0 bridgehead atoms. The second-order valence-corrected chi connectivity index (χ2v) is 8.15. The van der Waals surface area contributed by atoms with E-state index in [2.05, 4.69) is 18.8 Å². The Bertz CT molecular complexity index is 1030. The van der Waals surface area contributed by atoms with Crippen LogP contribution in [0.15, 0.2) is 35.4 Å². The first-order valence-corrected chi connectivity index (χ1v) is 10.0. The molecule has 0 saturated carbocycles. The van der Waals surface area contributed by atoms with Crippen molar-refractivity contribution in [1.29, 1.82) is 0 Å². The molecule has 0 saturated heterocycles. The van der Waals surface area contributed by atoms with E-state index in [1.807, 2.05) is 24.3 Å². The zero-order valence-electron chi connectivity index (χ0n) is 15.1. The van der Waals surface area contributed by atoms with Gasteiger partial charge in [-0.3, -0.25) is 14.2 Å². The van der Waals surface area contributed by atoms with Gasteiger partial charge in [0.05, 0.1) is 18.3 Å². The number of hydrogen-bond donors (Lipinski definition) is 0. The first-order valence-electron chi connectivity index (χ1n) is 9.21. The highest BCUT2D eigenvalue weighted by Crippen LogP contribution is 2.34. The highest BCUT2D eigenvalue weighted by Gasteiger charge is 2.21. The van der Waals surface area contributed by atoms with Gasteiger partial charge in [-0.15, -0.1) is 11.3 Å². The van der Waals surface area contributed by atoms with Crippen LogP contribution in [0.25, 0.3) is 10.2 Å². The van der Waals surface area contributed by atoms with Crippen LogP contribution in [-0.4, -0.2) is 15.3 Å². The van der Waals surface area contributed by atoms with Crippen LogP contribution in [-0.2, 0) is 19.4 Å². The number of rotatable bonds is 5. The Morgan fingerprint density at radius 2 is 2.04 bits per heavy atom. The van der Waals surface area contributed by atoms with Crippen molar-refractivity contribution in [2.24, 2.45) is 0 Å². The van der Waals surface area contributed by atoms with E-state index >= 15 is 0 Å². The topological polar surface area (TPSA) is 52.0 Å².